The van der Waals surface area contributed by atoms with E-state index in [1.165, 1.54) is 19.2 Å². The molecule has 1 aromatic heterocycles. The summed E-state index contributed by atoms with van der Waals surface area (Å²) in [6, 6.07) is 15.0. The molecule has 0 spiro atoms. The van der Waals surface area contributed by atoms with Crippen molar-refractivity contribution < 1.29 is 13.2 Å². The zero-order chi connectivity index (χ0) is 20.3. The number of pyridine rings is 1. The third-order valence-electron chi connectivity index (χ3n) is 4.50. The van der Waals surface area contributed by atoms with Crippen LogP contribution in [0.15, 0.2) is 64.3 Å². The van der Waals surface area contributed by atoms with Gasteiger partial charge in [0.15, 0.2) is 0 Å². The molecule has 3 N–H and O–H groups in total. The predicted octanol–water partition coefficient (Wildman–Crippen LogP) is 1.86. The van der Waals surface area contributed by atoms with Crippen LogP contribution in [0.3, 0.4) is 0 Å². The standard InChI is InChI=1S/C20H21N3O4S/c1-13(14-7-5-8-17(11-14)28(26,27)21-2)22-19(24)12-16-10-15-6-3-4-9-18(15)23-20(16)25/h3-11,13,21H,12H2,1-2H3,(H,22,24)(H,23,25). The van der Waals surface area contributed by atoms with E-state index < -0.39 is 16.1 Å². The van der Waals surface area contributed by atoms with Crippen molar-refractivity contribution in [2.24, 2.45) is 0 Å². The molecule has 1 unspecified atom stereocenters. The molecule has 146 valence electrons. The van der Waals surface area contributed by atoms with Crippen molar-refractivity contribution in [3.8, 4) is 0 Å². The van der Waals surface area contributed by atoms with Gasteiger partial charge in [-0.3, -0.25) is 9.59 Å². The molecular formula is C20H21N3O4S. The van der Waals surface area contributed by atoms with E-state index in [2.05, 4.69) is 15.0 Å². The molecule has 8 heteroatoms. The molecule has 3 rings (SSSR count). The smallest absolute Gasteiger partial charge is 0.252 e. The van der Waals surface area contributed by atoms with Gasteiger partial charge >= 0.3 is 0 Å². The molecule has 0 saturated carbocycles. The second kappa shape index (κ2) is 7.95. The molecule has 0 aliphatic heterocycles. The van der Waals surface area contributed by atoms with Crippen LogP contribution in [-0.4, -0.2) is 26.4 Å². The summed E-state index contributed by atoms with van der Waals surface area (Å²) < 4.78 is 26.2. The Hall–Kier alpha value is -2.97. The van der Waals surface area contributed by atoms with Gasteiger partial charge in [-0.2, -0.15) is 0 Å². The summed E-state index contributed by atoms with van der Waals surface area (Å²) in [6.45, 7) is 1.76. The molecule has 0 saturated heterocycles. The molecular weight excluding hydrogens is 378 g/mol. The first-order valence-electron chi connectivity index (χ1n) is 8.74. The van der Waals surface area contributed by atoms with Gasteiger partial charge < -0.3 is 10.3 Å². The van der Waals surface area contributed by atoms with E-state index in [4.69, 9.17) is 0 Å². The van der Waals surface area contributed by atoms with Crippen molar-refractivity contribution >= 4 is 26.8 Å². The monoisotopic (exact) mass is 399 g/mol. The van der Waals surface area contributed by atoms with Gasteiger partial charge in [-0.05, 0) is 49.2 Å². The van der Waals surface area contributed by atoms with Gasteiger partial charge in [0.1, 0.15) is 0 Å². The van der Waals surface area contributed by atoms with Gasteiger partial charge in [0.2, 0.25) is 15.9 Å². The quantitative estimate of drug-likeness (QED) is 0.588. The summed E-state index contributed by atoms with van der Waals surface area (Å²) in [5.41, 5.74) is 1.43. The van der Waals surface area contributed by atoms with Crippen molar-refractivity contribution in [1.82, 2.24) is 15.0 Å². The second-order valence-electron chi connectivity index (χ2n) is 6.46. The number of rotatable bonds is 6. The summed E-state index contributed by atoms with van der Waals surface area (Å²) in [6.07, 6.45) is -0.0704. The van der Waals surface area contributed by atoms with Crippen LogP contribution in [0.5, 0.6) is 0 Å². The number of carbonyl (C=O) groups excluding carboxylic acids is 1. The number of hydrogen-bond acceptors (Lipinski definition) is 4. The summed E-state index contributed by atoms with van der Waals surface area (Å²) in [7, 11) is -2.22. The number of fused-ring (bicyclic) bond motifs is 1. The first-order chi connectivity index (χ1) is 13.3. The lowest BCUT2D eigenvalue weighted by Crippen LogP contribution is -2.30. The lowest BCUT2D eigenvalue weighted by Gasteiger charge is -2.15. The van der Waals surface area contributed by atoms with Crippen molar-refractivity contribution in [2.75, 3.05) is 7.05 Å². The number of nitrogens with one attached hydrogen (secondary N) is 3. The van der Waals surface area contributed by atoms with E-state index in [9.17, 15) is 18.0 Å². The number of amides is 1. The number of sulfonamides is 1. The minimum absolute atomic E-state index is 0.0704. The van der Waals surface area contributed by atoms with Gasteiger partial charge in [-0.15, -0.1) is 0 Å². The Bertz CT molecular complexity index is 1190. The molecule has 28 heavy (non-hydrogen) atoms. The maximum atomic E-state index is 12.4. The lowest BCUT2D eigenvalue weighted by molar-refractivity contribution is -0.121. The Labute approximate surface area is 162 Å². The highest BCUT2D eigenvalue weighted by atomic mass is 32.2. The second-order valence-corrected chi connectivity index (χ2v) is 8.34. The zero-order valence-electron chi connectivity index (χ0n) is 15.5. The van der Waals surface area contributed by atoms with Gasteiger partial charge in [-0.1, -0.05) is 30.3 Å². The summed E-state index contributed by atoms with van der Waals surface area (Å²) in [5, 5.41) is 3.66. The Kier molecular flexibility index (Phi) is 5.62. The molecule has 3 aromatic rings. The zero-order valence-corrected chi connectivity index (χ0v) is 16.3. The van der Waals surface area contributed by atoms with Crippen LogP contribution >= 0.6 is 0 Å². The molecule has 0 radical (unpaired) electrons. The van der Waals surface area contributed by atoms with Gasteiger partial charge in [0, 0.05) is 11.1 Å². The van der Waals surface area contributed by atoms with Crippen molar-refractivity contribution in [3.63, 3.8) is 0 Å². The predicted molar refractivity (Wildman–Crippen MR) is 108 cm³/mol. The number of benzene rings is 2. The molecule has 1 heterocycles. The van der Waals surface area contributed by atoms with Gasteiger partial charge in [0.05, 0.1) is 17.4 Å². The number of H-pyrrole nitrogens is 1. The van der Waals surface area contributed by atoms with Crippen LogP contribution in [0.1, 0.15) is 24.1 Å². The largest absolute Gasteiger partial charge is 0.349 e. The fourth-order valence-corrected chi connectivity index (χ4v) is 3.73. The van der Waals surface area contributed by atoms with Crippen LogP contribution < -0.4 is 15.6 Å². The molecule has 1 amide bonds. The topological polar surface area (TPSA) is 108 Å². The van der Waals surface area contributed by atoms with E-state index in [-0.39, 0.29) is 22.8 Å². The lowest BCUT2D eigenvalue weighted by atomic mass is 10.1. The molecule has 0 bridgehead atoms. The average molecular weight is 399 g/mol. The van der Waals surface area contributed by atoms with E-state index in [1.807, 2.05) is 18.2 Å². The maximum absolute atomic E-state index is 12.4. The fraction of sp³-hybridized carbons (Fsp3) is 0.200. The maximum Gasteiger partial charge on any atom is 0.252 e. The average Bonchev–Trinajstić information content (AvgIpc) is 2.68. The van der Waals surface area contributed by atoms with Gasteiger partial charge in [0.25, 0.3) is 5.56 Å². The fourth-order valence-electron chi connectivity index (χ4n) is 2.94. The van der Waals surface area contributed by atoms with Crippen molar-refractivity contribution in [2.45, 2.75) is 24.3 Å². The first kappa shape index (κ1) is 19.8. The number of aromatic amines is 1. The van der Waals surface area contributed by atoms with Crippen molar-refractivity contribution in [1.29, 1.82) is 0 Å². The summed E-state index contributed by atoms with van der Waals surface area (Å²) in [5.74, 6) is -0.324. The Morgan fingerprint density at radius 2 is 1.86 bits per heavy atom. The number of carbonyl (C=O) groups is 1. The van der Waals surface area contributed by atoms with E-state index in [0.29, 0.717) is 16.6 Å². The molecule has 0 aliphatic carbocycles. The molecule has 2 aromatic carbocycles. The summed E-state index contributed by atoms with van der Waals surface area (Å²) in [4.78, 5) is 27.5. The third-order valence-corrected chi connectivity index (χ3v) is 5.91. The van der Waals surface area contributed by atoms with E-state index in [1.54, 1.807) is 31.2 Å². The Morgan fingerprint density at radius 3 is 2.61 bits per heavy atom. The minimum Gasteiger partial charge on any atom is -0.349 e. The number of aromatic nitrogens is 1. The Balaban J connectivity index is 1.76. The van der Waals surface area contributed by atoms with Crippen LogP contribution in [0.4, 0.5) is 0 Å². The van der Waals surface area contributed by atoms with Crippen LogP contribution in [0.2, 0.25) is 0 Å². The first-order valence-corrected chi connectivity index (χ1v) is 10.2. The summed E-state index contributed by atoms with van der Waals surface area (Å²) >= 11 is 0. The number of hydrogen-bond donors (Lipinski definition) is 3. The van der Waals surface area contributed by atoms with Gasteiger partial charge in [-0.25, -0.2) is 13.1 Å². The van der Waals surface area contributed by atoms with Crippen LogP contribution in [-0.2, 0) is 21.2 Å². The number of para-hydroxylation sites is 1. The molecule has 1 atom stereocenters. The highest BCUT2D eigenvalue weighted by molar-refractivity contribution is 7.89. The molecule has 7 nitrogen and oxygen atoms in total. The normalized spacial score (nSPS) is 12.6. The SMILES string of the molecule is CNS(=O)(=O)c1cccc(C(C)NC(=O)Cc2cc3ccccc3[nH]c2=O)c1. The van der Waals surface area contributed by atoms with E-state index in [0.717, 1.165) is 5.39 Å². The highest BCUT2D eigenvalue weighted by Gasteiger charge is 2.16. The minimum atomic E-state index is -3.57. The molecule has 0 aliphatic rings. The van der Waals surface area contributed by atoms with Crippen LogP contribution in [0.25, 0.3) is 10.9 Å². The van der Waals surface area contributed by atoms with Crippen LogP contribution in [0, 0.1) is 0 Å². The van der Waals surface area contributed by atoms with E-state index >= 15 is 0 Å². The highest BCUT2D eigenvalue weighted by Crippen LogP contribution is 2.18. The Morgan fingerprint density at radius 1 is 1.11 bits per heavy atom. The third kappa shape index (κ3) is 4.29. The molecule has 0 fully saturated rings. The van der Waals surface area contributed by atoms with Crippen molar-refractivity contribution in [3.05, 3.63) is 76.1 Å².